The van der Waals surface area contributed by atoms with Crippen molar-refractivity contribution in [2.45, 2.75) is 13.8 Å². The summed E-state index contributed by atoms with van der Waals surface area (Å²) < 4.78 is 0. The Kier molecular flexibility index (Phi) is 3.89. The van der Waals surface area contributed by atoms with Gasteiger partial charge < -0.3 is 5.32 Å². The van der Waals surface area contributed by atoms with Gasteiger partial charge in [0.05, 0.1) is 5.69 Å². The summed E-state index contributed by atoms with van der Waals surface area (Å²) in [5.41, 5.74) is 2.89. The highest BCUT2D eigenvalue weighted by Crippen LogP contribution is 2.18. The van der Waals surface area contributed by atoms with Crippen LogP contribution in [-0.2, 0) is 4.79 Å². The Balaban J connectivity index is 2.09. The van der Waals surface area contributed by atoms with Gasteiger partial charge in [0.2, 0.25) is 5.91 Å². The molecule has 92 valence electrons. The maximum atomic E-state index is 10.9. The van der Waals surface area contributed by atoms with Crippen LogP contribution in [0.25, 0.3) is 0 Å². The van der Waals surface area contributed by atoms with Crippen LogP contribution >= 0.6 is 11.3 Å². The molecule has 1 aromatic heterocycles. The van der Waals surface area contributed by atoms with Crippen molar-refractivity contribution in [3.8, 4) is 0 Å². The van der Waals surface area contributed by atoms with Crippen LogP contribution in [0.2, 0.25) is 0 Å². The van der Waals surface area contributed by atoms with Crippen molar-refractivity contribution >= 4 is 34.8 Å². The Morgan fingerprint density at radius 1 is 1.28 bits per heavy atom. The number of hydrogen-bond acceptors (Lipinski definition) is 3. The lowest BCUT2D eigenvalue weighted by Crippen LogP contribution is -2.04. The zero-order valence-corrected chi connectivity index (χ0v) is 11.1. The van der Waals surface area contributed by atoms with Crippen LogP contribution in [0.4, 0.5) is 11.4 Å². The maximum absolute atomic E-state index is 10.9. The quantitative estimate of drug-likeness (QED) is 0.837. The van der Waals surface area contributed by atoms with E-state index in [2.05, 4.69) is 28.7 Å². The van der Waals surface area contributed by atoms with Crippen LogP contribution in [0.3, 0.4) is 0 Å². The minimum absolute atomic E-state index is 0.0690. The first-order valence-corrected chi connectivity index (χ1v) is 6.49. The SMILES string of the molecule is CC(=O)Nc1ccc(N=Cc2sccc2C)cc1. The van der Waals surface area contributed by atoms with Crippen LogP contribution in [-0.4, -0.2) is 12.1 Å². The van der Waals surface area contributed by atoms with E-state index < -0.39 is 0 Å². The van der Waals surface area contributed by atoms with Crippen molar-refractivity contribution in [2.75, 3.05) is 5.32 Å². The van der Waals surface area contributed by atoms with Gasteiger partial charge in [-0.25, -0.2) is 0 Å². The second-order valence-corrected chi connectivity index (χ2v) is 4.90. The Bertz CT molecular complexity index is 570. The number of hydrogen-bond donors (Lipinski definition) is 1. The molecule has 3 nitrogen and oxygen atoms in total. The average Bonchev–Trinajstić information content (AvgIpc) is 2.73. The summed E-state index contributed by atoms with van der Waals surface area (Å²) in [6.07, 6.45) is 1.87. The summed E-state index contributed by atoms with van der Waals surface area (Å²) >= 11 is 1.67. The van der Waals surface area contributed by atoms with E-state index in [4.69, 9.17) is 0 Å². The van der Waals surface area contributed by atoms with E-state index >= 15 is 0 Å². The first kappa shape index (κ1) is 12.5. The molecule has 0 aliphatic heterocycles. The third kappa shape index (κ3) is 3.28. The van der Waals surface area contributed by atoms with Crippen molar-refractivity contribution in [1.29, 1.82) is 0 Å². The Hall–Kier alpha value is -1.94. The molecule has 0 radical (unpaired) electrons. The predicted molar refractivity (Wildman–Crippen MR) is 77.1 cm³/mol. The summed E-state index contributed by atoms with van der Waals surface area (Å²) in [4.78, 5) is 16.4. The topological polar surface area (TPSA) is 41.5 Å². The monoisotopic (exact) mass is 258 g/mol. The van der Waals surface area contributed by atoms with Crippen molar-refractivity contribution in [3.63, 3.8) is 0 Å². The Morgan fingerprint density at radius 3 is 2.56 bits per heavy atom. The van der Waals surface area contributed by atoms with Crippen LogP contribution in [0.1, 0.15) is 17.4 Å². The average molecular weight is 258 g/mol. The molecule has 1 aromatic carbocycles. The molecule has 0 fully saturated rings. The van der Waals surface area contributed by atoms with E-state index in [0.717, 1.165) is 11.4 Å². The number of carbonyl (C=O) groups excluding carboxylic acids is 1. The summed E-state index contributed by atoms with van der Waals surface area (Å²) in [6.45, 7) is 3.56. The molecule has 0 bridgehead atoms. The molecule has 0 aliphatic carbocycles. The normalized spacial score (nSPS) is 10.8. The fourth-order valence-electron chi connectivity index (χ4n) is 1.48. The fourth-order valence-corrected chi connectivity index (χ4v) is 2.27. The number of nitrogens with zero attached hydrogens (tertiary/aromatic N) is 1. The van der Waals surface area contributed by atoms with Gasteiger partial charge in [0.15, 0.2) is 0 Å². The summed E-state index contributed by atoms with van der Waals surface area (Å²) in [5, 5.41) is 4.77. The van der Waals surface area contributed by atoms with Gasteiger partial charge in [-0.1, -0.05) is 0 Å². The number of aliphatic imine (C=N–C) groups is 1. The molecule has 4 heteroatoms. The van der Waals surface area contributed by atoms with E-state index in [0.29, 0.717) is 0 Å². The smallest absolute Gasteiger partial charge is 0.221 e. The zero-order chi connectivity index (χ0) is 13.0. The largest absolute Gasteiger partial charge is 0.326 e. The Morgan fingerprint density at radius 2 is 2.00 bits per heavy atom. The molecule has 0 atom stereocenters. The van der Waals surface area contributed by atoms with E-state index in [1.165, 1.54) is 17.4 Å². The van der Waals surface area contributed by atoms with Crippen LogP contribution in [0, 0.1) is 6.92 Å². The lowest BCUT2D eigenvalue weighted by Gasteiger charge is -2.01. The number of amides is 1. The number of thiophene rings is 1. The highest BCUT2D eigenvalue weighted by molar-refractivity contribution is 7.11. The van der Waals surface area contributed by atoms with Gasteiger partial charge in [0, 0.05) is 23.7 Å². The number of carbonyl (C=O) groups is 1. The standard InChI is InChI=1S/C14H14N2OS/c1-10-7-8-18-14(10)9-15-12-3-5-13(6-4-12)16-11(2)17/h3-9H,1-2H3,(H,16,17). The lowest BCUT2D eigenvalue weighted by atomic mass is 10.2. The second kappa shape index (κ2) is 5.60. The molecular formula is C14H14N2OS. The van der Waals surface area contributed by atoms with Gasteiger partial charge in [-0.2, -0.15) is 0 Å². The van der Waals surface area contributed by atoms with Gasteiger partial charge in [-0.3, -0.25) is 9.79 Å². The zero-order valence-electron chi connectivity index (χ0n) is 10.3. The molecule has 1 amide bonds. The number of anilines is 1. The van der Waals surface area contributed by atoms with Crippen molar-refractivity contribution < 1.29 is 4.79 Å². The summed E-state index contributed by atoms with van der Waals surface area (Å²) in [5.74, 6) is -0.0690. The third-order valence-corrected chi connectivity index (χ3v) is 3.37. The second-order valence-electron chi connectivity index (χ2n) is 3.95. The molecule has 1 N–H and O–H groups in total. The predicted octanol–water partition coefficient (Wildman–Crippen LogP) is 3.77. The van der Waals surface area contributed by atoms with Crippen LogP contribution < -0.4 is 5.32 Å². The highest BCUT2D eigenvalue weighted by Gasteiger charge is 1.97. The highest BCUT2D eigenvalue weighted by atomic mass is 32.1. The molecular weight excluding hydrogens is 244 g/mol. The van der Waals surface area contributed by atoms with E-state index in [9.17, 15) is 4.79 Å². The molecule has 0 saturated carbocycles. The minimum atomic E-state index is -0.0690. The molecule has 0 aliphatic rings. The van der Waals surface area contributed by atoms with Crippen molar-refractivity contribution in [1.82, 2.24) is 0 Å². The minimum Gasteiger partial charge on any atom is -0.326 e. The molecule has 18 heavy (non-hydrogen) atoms. The van der Waals surface area contributed by atoms with Gasteiger partial charge in [-0.05, 0) is 48.2 Å². The van der Waals surface area contributed by atoms with Crippen molar-refractivity contribution in [2.24, 2.45) is 4.99 Å². The molecule has 1 heterocycles. The summed E-state index contributed by atoms with van der Waals surface area (Å²) in [7, 11) is 0. The molecule has 0 spiro atoms. The van der Waals surface area contributed by atoms with E-state index in [1.54, 1.807) is 11.3 Å². The maximum Gasteiger partial charge on any atom is 0.221 e. The van der Waals surface area contributed by atoms with Crippen LogP contribution in [0.5, 0.6) is 0 Å². The van der Waals surface area contributed by atoms with Gasteiger partial charge in [0.25, 0.3) is 0 Å². The van der Waals surface area contributed by atoms with Gasteiger partial charge >= 0.3 is 0 Å². The lowest BCUT2D eigenvalue weighted by molar-refractivity contribution is -0.114. The first-order valence-electron chi connectivity index (χ1n) is 5.61. The van der Waals surface area contributed by atoms with Crippen LogP contribution in [0.15, 0.2) is 40.7 Å². The van der Waals surface area contributed by atoms with E-state index in [1.807, 2.05) is 30.5 Å². The number of rotatable bonds is 3. The first-order chi connectivity index (χ1) is 8.65. The van der Waals surface area contributed by atoms with Gasteiger partial charge in [-0.15, -0.1) is 11.3 Å². The fraction of sp³-hybridized carbons (Fsp3) is 0.143. The molecule has 0 unspecified atom stereocenters. The summed E-state index contributed by atoms with van der Waals surface area (Å²) in [6, 6.07) is 9.52. The Labute approximate surface area is 110 Å². The molecule has 2 rings (SSSR count). The number of benzene rings is 1. The molecule has 0 saturated heterocycles. The van der Waals surface area contributed by atoms with E-state index in [-0.39, 0.29) is 5.91 Å². The van der Waals surface area contributed by atoms with Gasteiger partial charge in [0.1, 0.15) is 0 Å². The molecule has 2 aromatic rings. The number of nitrogens with one attached hydrogen (secondary N) is 1. The number of aryl methyl sites for hydroxylation is 1. The third-order valence-electron chi connectivity index (χ3n) is 2.42. The van der Waals surface area contributed by atoms with Crippen molar-refractivity contribution in [3.05, 3.63) is 46.2 Å².